The lowest BCUT2D eigenvalue weighted by Crippen LogP contribution is -2.24. The molecule has 10 heteroatoms. The van der Waals surface area contributed by atoms with E-state index in [1.165, 1.54) is 21.4 Å². The number of nitrogens with zero attached hydrogens (tertiary/aromatic N) is 2. The molecule has 0 aliphatic heterocycles. The predicted octanol–water partition coefficient (Wildman–Crippen LogP) is 4.61. The summed E-state index contributed by atoms with van der Waals surface area (Å²) in [5, 5.41) is 1.14. The van der Waals surface area contributed by atoms with E-state index in [-0.39, 0.29) is 18.1 Å². The smallest absolute Gasteiger partial charge is 0.334 e. The molecule has 0 spiro atoms. The van der Waals surface area contributed by atoms with Crippen LogP contribution in [0, 0.1) is 0 Å². The summed E-state index contributed by atoms with van der Waals surface area (Å²) in [6.45, 7) is 3.40. The molecule has 0 aliphatic carbocycles. The van der Waals surface area contributed by atoms with Crippen LogP contribution in [0.2, 0.25) is 5.02 Å². The minimum atomic E-state index is -3.96. The zero-order valence-corrected chi connectivity index (χ0v) is 19.1. The molecule has 4 aromatic rings. The van der Waals surface area contributed by atoms with E-state index in [9.17, 15) is 13.2 Å². The standard InChI is InChI=1S/C21H19ClN2O5S2/c1-3-28-21(25)13(2)29-11-16-9-14-8-15(22)4-7-19(14)24(16)31(26,27)17-5-6-18-20(10-17)30-12-23-18/h4-10,12-13H,3,11H2,1-2H3/t13-/m0/s1. The van der Waals surface area contributed by atoms with Crippen LogP contribution in [0.25, 0.3) is 21.1 Å². The number of hydrogen-bond donors (Lipinski definition) is 0. The molecule has 0 unspecified atom stereocenters. The van der Waals surface area contributed by atoms with Gasteiger partial charge in [-0.1, -0.05) is 11.6 Å². The summed E-state index contributed by atoms with van der Waals surface area (Å²) >= 11 is 7.48. The highest BCUT2D eigenvalue weighted by Crippen LogP contribution is 2.30. The molecule has 0 N–H and O–H groups in total. The fourth-order valence-corrected chi connectivity index (χ4v) is 5.77. The molecule has 0 saturated carbocycles. The van der Waals surface area contributed by atoms with Gasteiger partial charge in [-0.3, -0.25) is 0 Å². The summed E-state index contributed by atoms with van der Waals surface area (Å²) < 4.78 is 39.9. The van der Waals surface area contributed by atoms with Gasteiger partial charge in [0.05, 0.1) is 45.0 Å². The van der Waals surface area contributed by atoms with E-state index < -0.39 is 22.1 Å². The highest BCUT2D eigenvalue weighted by molar-refractivity contribution is 7.90. The Balaban J connectivity index is 1.79. The molecular formula is C21H19ClN2O5S2. The molecule has 0 fully saturated rings. The van der Waals surface area contributed by atoms with Gasteiger partial charge in [0.15, 0.2) is 6.10 Å². The molecule has 0 radical (unpaired) electrons. The van der Waals surface area contributed by atoms with Crippen LogP contribution in [0.3, 0.4) is 0 Å². The molecule has 0 amide bonds. The van der Waals surface area contributed by atoms with Crippen LogP contribution in [-0.2, 0) is 30.9 Å². The van der Waals surface area contributed by atoms with E-state index in [0.717, 1.165) is 10.2 Å². The molecule has 0 saturated heterocycles. The second-order valence-electron chi connectivity index (χ2n) is 6.80. The lowest BCUT2D eigenvalue weighted by Gasteiger charge is -2.15. The highest BCUT2D eigenvalue weighted by Gasteiger charge is 2.25. The number of carbonyl (C=O) groups is 1. The summed E-state index contributed by atoms with van der Waals surface area (Å²) in [7, 11) is -3.96. The Morgan fingerprint density at radius 1 is 1.23 bits per heavy atom. The monoisotopic (exact) mass is 478 g/mol. The maximum atomic E-state index is 13.6. The van der Waals surface area contributed by atoms with E-state index in [1.807, 2.05) is 0 Å². The highest BCUT2D eigenvalue weighted by atomic mass is 35.5. The van der Waals surface area contributed by atoms with Gasteiger partial charge in [-0.25, -0.2) is 22.2 Å². The summed E-state index contributed by atoms with van der Waals surface area (Å²) in [4.78, 5) is 16.2. The Bertz CT molecular complexity index is 1380. The Kier molecular flexibility index (Phi) is 6.02. The van der Waals surface area contributed by atoms with Crippen molar-refractivity contribution in [3.05, 3.63) is 58.7 Å². The van der Waals surface area contributed by atoms with Gasteiger partial charge >= 0.3 is 5.97 Å². The molecule has 7 nitrogen and oxygen atoms in total. The average molecular weight is 479 g/mol. The number of ether oxygens (including phenoxy) is 2. The van der Waals surface area contributed by atoms with Gasteiger partial charge in [-0.15, -0.1) is 11.3 Å². The van der Waals surface area contributed by atoms with E-state index in [2.05, 4.69) is 4.98 Å². The quantitative estimate of drug-likeness (QED) is 0.360. The molecule has 2 aromatic heterocycles. The maximum Gasteiger partial charge on any atom is 0.334 e. The van der Waals surface area contributed by atoms with Gasteiger partial charge in [0.2, 0.25) is 0 Å². The number of thiazole rings is 1. The number of carbonyl (C=O) groups excluding carboxylic acids is 1. The van der Waals surface area contributed by atoms with Crippen molar-refractivity contribution in [1.29, 1.82) is 0 Å². The van der Waals surface area contributed by atoms with Crippen LogP contribution in [0.15, 0.2) is 52.9 Å². The number of esters is 1. The third kappa shape index (κ3) is 4.18. The summed E-state index contributed by atoms with van der Waals surface area (Å²) in [6, 6.07) is 11.5. The van der Waals surface area contributed by atoms with Crippen LogP contribution in [0.4, 0.5) is 0 Å². The molecule has 1 atom stereocenters. The average Bonchev–Trinajstić information content (AvgIpc) is 3.35. The van der Waals surface area contributed by atoms with Crippen LogP contribution in [-0.4, -0.2) is 36.1 Å². The molecule has 0 bridgehead atoms. The Morgan fingerprint density at radius 3 is 2.81 bits per heavy atom. The number of aromatic nitrogens is 2. The van der Waals surface area contributed by atoms with Gasteiger partial charge in [-0.05, 0) is 56.3 Å². The van der Waals surface area contributed by atoms with Crippen LogP contribution in [0.1, 0.15) is 19.5 Å². The van der Waals surface area contributed by atoms with E-state index >= 15 is 0 Å². The van der Waals surface area contributed by atoms with Gasteiger partial charge < -0.3 is 9.47 Å². The van der Waals surface area contributed by atoms with E-state index in [4.69, 9.17) is 21.1 Å². The first-order valence-corrected chi connectivity index (χ1v) is 12.2. The minimum absolute atomic E-state index is 0.103. The van der Waals surface area contributed by atoms with Crippen LogP contribution in [0.5, 0.6) is 0 Å². The van der Waals surface area contributed by atoms with Crippen molar-refractivity contribution < 1.29 is 22.7 Å². The number of halogens is 1. The second kappa shape index (κ2) is 8.58. The molecular weight excluding hydrogens is 460 g/mol. The van der Waals surface area contributed by atoms with Gasteiger partial charge in [0, 0.05) is 10.4 Å². The number of fused-ring (bicyclic) bond motifs is 2. The van der Waals surface area contributed by atoms with Gasteiger partial charge in [-0.2, -0.15) is 0 Å². The van der Waals surface area contributed by atoms with Crippen molar-refractivity contribution in [3.8, 4) is 0 Å². The fourth-order valence-electron chi connectivity index (χ4n) is 3.24. The first kappa shape index (κ1) is 21.8. The summed E-state index contributed by atoms with van der Waals surface area (Å²) in [5.41, 5.74) is 3.25. The summed E-state index contributed by atoms with van der Waals surface area (Å²) in [6.07, 6.45) is -0.841. The molecule has 0 aliphatic rings. The molecule has 2 aromatic carbocycles. The Labute approximate surface area is 188 Å². The maximum absolute atomic E-state index is 13.6. The van der Waals surface area contributed by atoms with Crippen molar-refractivity contribution >= 4 is 60.0 Å². The molecule has 162 valence electrons. The number of benzene rings is 2. The largest absolute Gasteiger partial charge is 0.464 e. The zero-order valence-electron chi connectivity index (χ0n) is 16.7. The zero-order chi connectivity index (χ0) is 22.2. The van der Waals surface area contributed by atoms with Gasteiger partial charge in [0.1, 0.15) is 0 Å². The van der Waals surface area contributed by atoms with Crippen molar-refractivity contribution in [3.63, 3.8) is 0 Å². The Morgan fingerprint density at radius 2 is 2.03 bits per heavy atom. The fraction of sp³-hybridized carbons (Fsp3) is 0.238. The summed E-state index contributed by atoms with van der Waals surface area (Å²) in [5.74, 6) is -0.508. The van der Waals surface area contributed by atoms with Crippen molar-refractivity contribution in [1.82, 2.24) is 8.96 Å². The molecule has 31 heavy (non-hydrogen) atoms. The normalized spacial score (nSPS) is 13.0. The second-order valence-corrected chi connectivity index (χ2v) is 9.90. The topological polar surface area (TPSA) is 87.5 Å². The Hall–Kier alpha value is -2.46. The van der Waals surface area contributed by atoms with E-state index in [0.29, 0.717) is 21.6 Å². The van der Waals surface area contributed by atoms with Gasteiger partial charge in [0.25, 0.3) is 10.0 Å². The first-order chi connectivity index (χ1) is 14.8. The lowest BCUT2D eigenvalue weighted by atomic mass is 10.2. The molecule has 2 heterocycles. The number of rotatable bonds is 7. The SMILES string of the molecule is CCOC(=O)[C@H](C)OCc1cc2cc(Cl)ccc2n1S(=O)(=O)c1ccc2ncsc2c1. The van der Waals surface area contributed by atoms with Crippen molar-refractivity contribution in [2.24, 2.45) is 0 Å². The lowest BCUT2D eigenvalue weighted by molar-refractivity contribution is -0.156. The van der Waals surface area contributed by atoms with Crippen molar-refractivity contribution in [2.75, 3.05) is 6.61 Å². The predicted molar refractivity (Wildman–Crippen MR) is 120 cm³/mol. The van der Waals surface area contributed by atoms with Crippen molar-refractivity contribution in [2.45, 2.75) is 31.5 Å². The molecule has 4 rings (SSSR count). The first-order valence-electron chi connectivity index (χ1n) is 9.48. The number of hydrogen-bond acceptors (Lipinski definition) is 7. The third-order valence-corrected chi connectivity index (χ3v) is 7.52. The van der Waals surface area contributed by atoms with E-state index in [1.54, 1.807) is 55.8 Å². The minimum Gasteiger partial charge on any atom is -0.464 e. The van der Waals surface area contributed by atoms with Crippen LogP contribution >= 0.6 is 22.9 Å². The third-order valence-electron chi connectivity index (χ3n) is 4.73. The van der Waals surface area contributed by atoms with Crippen LogP contribution < -0.4 is 0 Å².